The second-order valence-electron chi connectivity index (χ2n) is 10.4. The van der Waals surface area contributed by atoms with Crippen LogP contribution in [0, 0.1) is 13.8 Å². The third-order valence-corrected chi connectivity index (χ3v) is 8.39. The summed E-state index contributed by atoms with van der Waals surface area (Å²) >= 11 is 1.62. The predicted molar refractivity (Wildman–Crippen MR) is 164 cm³/mol. The minimum absolute atomic E-state index is 0.0608. The van der Waals surface area contributed by atoms with Crippen molar-refractivity contribution >= 4 is 23.5 Å². The quantitative estimate of drug-likeness (QED) is 0.197. The largest absolute Gasteiger partial charge is 0.354 e. The number of carbonyl (C=O) groups is 1. The zero-order valence-corrected chi connectivity index (χ0v) is 24.3. The summed E-state index contributed by atoms with van der Waals surface area (Å²) in [6.07, 6.45) is 0. The molecule has 1 aliphatic rings. The van der Waals surface area contributed by atoms with Crippen molar-refractivity contribution in [1.29, 1.82) is 0 Å². The smallest absolute Gasteiger partial charge is 0.251 e. The average molecular weight is 552 g/mol. The van der Waals surface area contributed by atoms with Crippen molar-refractivity contribution in [3.05, 3.63) is 118 Å². The van der Waals surface area contributed by atoms with E-state index in [0.29, 0.717) is 11.3 Å². The van der Waals surface area contributed by atoms with Crippen molar-refractivity contribution in [2.75, 3.05) is 31.1 Å². The van der Waals surface area contributed by atoms with Crippen LogP contribution in [0.1, 0.15) is 51.3 Å². The van der Waals surface area contributed by atoms with Crippen molar-refractivity contribution in [1.82, 2.24) is 20.2 Å². The number of nitrogens with one attached hydrogen (secondary N) is 1. The first-order chi connectivity index (χ1) is 19.5. The van der Waals surface area contributed by atoms with Crippen LogP contribution in [0.4, 0.5) is 5.82 Å². The number of benzene rings is 3. The Morgan fingerprint density at radius 1 is 0.875 bits per heavy atom. The molecule has 1 atom stereocenters. The highest BCUT2D eigenvalue weighted by Gasteiger charge is 2.21. The fourth-order valence-corrected chi connectivity index (χ4v) is 5.80. The molecule has 0 spiro atoms. The fraction of sp³-hybridized carbons (Fsp3) is 0.303. The lowest BCUT2D eigenvalue weighted by Gasteiger charge is -2.36. The maximum absolute atomic E-state index is 12.9. The standard InChI is InChI=1S/C33H37N5OS/c1-24-25(2)35-33(36-31(24)38-19-17-37(18-20-38)22-27-11-6-4-7-12-27)40-23-28-13-10-16-30(21-28)32(39)34-26(3)29-14-8-5-9-15-29/h4-16,21,26H,17-20,22-23H2,1-3H3,(H,34,39). The van der Waals surface area contributed by atoms with Crippen LogP contribution in [0.3, 0.4) is 0 Å². The van der Waals surface area contributed by atoms with E-state index in [1.165, 1.54) is 5.56 Å². The highest BCUT2D eigenvalue weighted by molar-refractivity contribution is 7.98. The first kappa shape index (κ1) is 27.9. The number of rotatable bonds is 9. The van der Waals surface area contributed by atoms with Gasteiger partial charge in [-0.15, -0.1) is 0 Å². The third kappa shape index (κ3) is 7.09. The molecule has 2 heterocycles. The Balaban J connectivity index is 1.20. The minimum Gasteiger partial charge on any atom is -0.354 e. The molecule has 7 heteroatoms. The Labute approximate surface area is 241 Å². The monoisotopic (exact) mass is 551 g/mol. The molecule has 0 saturated carbocycles. The molecule has 1 N–H and O–H groups in total. The predicted octanol–water partition coefficient (Wildman–Crippen LogP) is 6.20. The molecule has 0 aliphatic carbocycles. The number of anilines is 1. The van der Waals surface area contributed by atoms with Gasteiger partial charge in [0.1, 0.15) is 5.82 Å². The zero-order valence-electron chi connectivity index (χ0n) is 23.5. The third-order valence-electron chi connectivity index (χ3n) is 7.47. The molecule has 1 saturated heterocycles. The minimum atomic E-state index is -0.0701. The summed E-state index contributed by atoms with van der Waals surface area (Å²) in [5.74, 6) is 1.67. The second-order valence-corrected chi connectivity index (χ2v) is 11.3. The summed E-state index contributed by atoms with van der Waals surface area (Å²) in [5, 5.41) is 3.88. The number of amides is 1. The summed E-state index contributed by atoms with van der Waals surface area (Å²) in [5.41, 5.74) is 6.34. The molecule has 1 aliphatic heterocycles. The van der Waals surface area contributed by atoms with E-state index in [1.807, 2.05) is 55.5 Å². The van der Waals surface area contributed by atoms with Gasteiger partial charge in [-0.25, -0.2) is 9.97 Å². The van der Waals surface area contributed by atoms with E-state index in [4.69, 9.17) is 9.97 Å². The van der Waals surface area contributed by atoms with E-state index in [-0.39, 0.29) is 11.9 Å². The molecule has 206 valence electrons. The van der Waals surface area contributed by atoms with Gasteiger partial charge in [-0.05, 0) is 49.6 Å². The fourth-order valence-electron chi connectivity index (χ4n) is 4.98. The summed E-state index contributed by atoms with van der Waals surface area (Å²) in [4.78, 5) is 27.6. The van der Waals surface area contributed by atoms with Crippen LogP contribution < -0.4 is 10.2 Å². The number of nitrogens with zero attached hydrogens (tertiary/aromatic N) is 4. The van der Waals surface area contributed by atoms with Gasteiger partial charge in [-0.2, -0.15) is 0 Å². The molecule has 6 nitrogen and oxygen atoms in total. The molecule has 1 amide bonds. The van der Waals surface area contributed by atoms with Crippen molar-refractivity contribution in [3.8, 4) is 0 Å². The molecule has 1 aromatic heterocycles. The molecule has 4 aromatic rings. The van der Waals surface area contributed by atoms with Crippen LogP contribution in [0.15, 0.2) is 90.1 Å². The number of thioether (sulfide) groups is 1. The molecule has 3 aromatic carbocycles. The molecular formula is C33H37N5OS. The molecule has 0 radical (unpaired) electrons. The first-order valence-electron chi connectivity index (χ1n) is 13.9. The van der Waals surface area contributed by atoms with Gasteiger partial charge in [-0.3, -0.25) is 9.69 Å². The van der Waals surface area contributed by atoms with Crippen molar-refractivity contribution in [3.63, 3.8) is 0 Å². The van der Waals surface area contributed by atoms with Crippen molar-refractivity contribution in [2.45, 2.75) is 44.3 Å². The molecular weight excluding hydrogens is 514 g/mol. The molecule has 5 rings (SSSR count). The van der Waals surface area contributed by atoms with Gasteiger partial charge in [0.25, 0.3) is 5.91 Å². The zero-order chi connectivity index (χ0) is 27.9. The van der Waals surface area contributed by atoms with Crippen LogP contribution in [0.25, 0.3) is 0 Å². The average Bonchev–Trinajstić information content (AvgIpc) is 2.99. The number of piperazine rings is 1. The van der Waals surface area contributed by atoms with Crippen molar-refractivity contribution < 1.29 is 4.79 Å². The SMILES string of the molecule is Cc1nc(SCc2cccc(C(=O)NC(C)c3ccccc3)c2)nc(N2CCN(Cc3ccccc3)CC2)c1C. The van der Waals surface area contributed by atoms with Crippen LogP contribution >= 0.6 is 11.8 Å². The number of aryl methyl sites for hydroxylation is 1. The summed E-state index contributed by atoms with van der Waals surface area (Å²) in [6.45, 7) is 11.1. The number of carbonyl (C=O) groups excluding carboxylic acids is 1. The van der Waals surface area contributed by atoms with E-state index < -0.39 is 0 Å². The Bertz CT molecular complexity index is 1420. The highest BCUT2D eigenvalue weighted by Crippen LogP contribution is 2.27. The lowest BCUT2D eigenvalue weighted by Crippen LogP contribution is -2.46. The highest BCUT2D eigenvalue weighted by atomic mass is 32.2. The van der Waals surface area contributed by atoms with E-state index >= 15 is 0 Å². The Kier molecular flexibility index (Phi) is 9.14. The van der Waals surface area contributed by atoms with Crippen LogP contribution in [-0.2, 0) is 12.3 Å². The lowest BCUT2D eigenvalue weighted by molar-refractivity contribution is 0.0940. The molecule has 40 heavy (non-hydrogen) atoms. The van der Waals surface area contributed by atoms with Gasteiger partial charge in [-0.1, -0.05) is 84.6 Å². The topological polar surface area (TPSA) is 61.4 Å². The number of aromatic nitrogens is 2. The Morgan fingerprint density at radius 3 is 2.27 bits per heavy atom. The van der Waals surface area contributed by atoms with Gasteiger partial charge >= 0.3 is 0 Å². The van der Waals surface area contributed by atoms with Gasteiger partial charge < -0.3 is 10.2 Å². The Morgan fingerprint density at radius 2 is 1.55 bits per heavy atom. The van der Waals surface area contributed by atoms with Crippen LogP contribution in [0.2, 0.25) is 0 Å². The second kappa shape index (κ2) is 13.1. The molecule has 1 unspecified atom stereocenters. The van der Waals surface area contributed by atoms with E-state index in [2.05, 4.69) is 65.4 Å². The van der Waals surface area contributed by atoms with E-state index in [0.717, 1.165) is 66.1 Å². The molecule has 0 bridgehead atoms. The lowest BCUT2D eigenvalue weighted by atomic mass is 10.1. The number of hydrogen-bond donors (Lipinski definition) is 1. The van der Waals surface area contributed by atoms with Gasteiger partial charge in [0.2, 0.25) is 0 Å². The summed E-state index contributed by atoms with van der Waals surface area (Å²) in [7, 11) is 0. The van der Waals surface area contributed by atoms with Gasteiger partial charge in [0.05, 0.1) is 6.04 Å². The van der Waals surface area contributed by atoms with E-state index in [9.17, 15) is 4.79 Å². The van der Waals surface area contributed by atoms with Gasteiger partial charge in [0, 0.05) is 55.3 Å². The maximum Gasteiger partial charge on any atom is 0.251 e. The summed E-state index contributed by atoms with van der Waals surface area (Å²) in [6, 6.07) is 28.5. The number of hydrogen-bond acceptors (Lipinski definition) is 6. The van der Waals surface area contributed by atoms with Gasteiger partial charge in [0.15, 0.2) is 5.16 Å². The first-order valence-corrected chi connectivity index (χ1v) is 14.9. The summed E-state index contributed by atoms with van der Waals surface area (Å²) < 4.78 is 0. The molecule has 1 fully saturated rings. The normalized spacial score (nSPS) is 14.6. The van der Waals surface area contributed by atoms with Crippen LogP contribution in [-0.4, -0.2) is 47.0 Å². The van der Waals surface area contributed by atoms with E-state index in [1.54, 1.807) is 11.8 Å². The Hall–Kier alpha value is -3.68. The van der Waals surface area contributed by atoms with Crippen LogP contribution in [0.5, 0.6) is 0 Å². The maximum atomic E-state index is 12.9. The van der Waals surface area contributed by atoms with Crippen molar-refractivity contribution in [2.24, 2.45) is 0 Å².